The largest absolute Gasteiger partial charge is 0.457 e. The smallest absolute Gasteiger partial charge is 0.128 e. The highest BCUT2D eigenvalue weighted by molar-refractivity contribution is 14.1. The molecule has 1 atom stereocenters. The SMILES string of the molecule is CCNC(C)c1ccc(Oc2cccc(I)c2)cc1. The fourth-order valence-electron chi connectivity index (χ4n) is 1.92. The molecule has 100 valence electrons. The molecule has 1 unspecified atom stereocenters. The van der Waals surface area contributed by atoms with E-state index < -0.39 is 0 Å². The van der Waals surface area contributed by atoms with Gasteiger partial charge in [0.15, 0.2) is 0 Å². The lowest BCUT2D eigenvalue weighted by Crippen LogP contribution is -2.17. The first-order valence-electron chi connectivity index (χ1n) is 6.46. The topological polar surface area (TPSA) is 21.3 Å². The number of hydrogen-bond acceptors (Lipinski definition) is 2. The van der Waals surface area contributed by atoms with Crippen molar-refractivity contribution in [3.05, 3.63) is 57.7 Å². The van der Waals surface area contributed by atoms with E-state index in [9.17, 15) is 0 Å². The van der Waals surface area contributed by atoms with Crippen molar-refractivity contribution in [3.63, 3.8) is 0 Å². The van der Waals surface area contributed by atoms with Gasteiger partial charge in [-0.15, -0.1) is 0 Å². The maximum atomic E-state index is 5.83. The summed E-state index contributed by atoms with van der Waals surface area (Å²) in [6.45, 7) is 5.26. The monoisotopic (exact) mass is 367 g/mol. The second-order valence-corrected chi connectivity index (χ2v) is 5.65. The van der Waals surface area contributed by atoms with Gasteiger partial charge in [-0.05, 0) is 72.0 Å². The first kappa shape index (κ1) is 14.3. The highest BCUT2D eigenvalue weighted by atomic mass is 127. The van der Waals surface area contributed by atoms with Crippen molar-refractivity contribution < 1.29 is 4.74 Å². The minimum absolute atomic E-state index is 0.372. The Kier molecular flexibility index (Phi) is 5.22. The van der Waals surface area contributed by atoms with E-state index in [1.165, 1.54) is 9.13 Å². The molecule has 0 amide bonds. The molecule has 0 fully saturated rings. The third-order valence-corrected chi connectivity index (χ3v) is 3.59. The summed E-state index contributed by atoms with van der Waals surface area (Å²) >= 11 is 2.28. The van der Waals surface area contributed by atoms with Gasteiger partial charge in [0.1, 0.15) is 11.5 Å². The number of nitrogens with one attached hydrogen (secondary N) is 1. The molecule has 19 heavy (non-hydrogen) atoms. The lowest BCUT2D eigenvalue weighted by Gasteiger charge is -2.13. The van der Waals surface area contributed by atoms with E-state index in [1.54, 1.807) is 0 Å². The molecule has 0 saturated heterocycles. The summed E-state index contributed by atoms with van der Waals surface area (Å²) in [5, 5.41) is 3.40. The average Bonchev–Trinajstić information content (AvgIpc) is 2.40. The van der Waals surface area contributed by atoms with Crippen LogP contribution in [-0.4, -0.2) is 6.54 Å². The summed E-state index contributed by atoms with van der Waals surface area (Å²) in [5.74, 6) is 1.74. The van der Waals surface area contributed by atoms with Crippen LogP contribution in [0.5, 0.6) is 11.5 Å². The summed E-state index contributed by atoms with van der Waals surface area (Å²) < 4.78 is 7.00. The molecule has 2 nitrogen and oxygen atoms in total. The third kappa shape index (κ3) is 4.21. The van der Waals surface area contributed by atoms with Crippen LogP contribution in [0, 0.1) is 3.57 Å². The second kappa shape index (κ2) is 6.91. The third-order valence-electron chi connectivity index (χ3n) is 2.92. The molecule has 0 spiro atoms. The van der Waals surface area contributed by atoms with E-state index in [4.69, 9.17) is 4.74 Å². The van der Waals surface area contributed by atoms with Crippen LogP contribution in [-0.2, 0) is 0 Å². The highest BCUT2D eigenvalue weighted by Crippen LogP contribution is 2.24. The molecule has 0 aliphatic carbocycles. The normalized spacial score (nSPS) is 12.2. The van der Waals surface area contributed by atoms with Crippen molar-refractivity contribution in [3.8, 4) is 11.5 Å². The number of halogens is 1. The summed E-state index contributed by atoms with van der Waals surface area (Å²) in [6, 6.07) is 16.7. The minimum Gasteiger partial charge on any atom is -0.457 e. The van der Waals surface area contributed by atoms with Crippen LogP contribution >= 0.6 is 22.6 Å². The van der Waals surface area contributed by atoms with Gasteiger partial charge < -0.3 is 10.1 Å². The fraction of sp³-hybridized carbons (Fsp3) is 0.250. The predicted molar refractivity (Wildman–Crippen MR) is 87.8 cm³/mol. The molecule has 2 aromatic carbocycles. The van der Waals surface area contributed by atoms with Gasteiger partial charge in [0.2, 0.25) is 0 Å². The standard InChI is InChI=1S/C16H18INO/c1-3-18-12(2)13-7-9-15(10-8-13)19-16-6-4-5-14(17)11-16/h4-12,18H,3H2,1-2H3. The number of ether oxygens (including phenoxy) is 1. The Bertz CT molecular complexity index is 525. The maximum absolute atomic E-state index is 5.83. The highest BCUT2D eigenvalue weighted by Gasteiger charge is 2.04. The molecule has 0 aromatic heterocycles. The molecule has 0 heterocycles. The van der Waals surface area contributed by atoms with Gasteiger partial charge in [-0.2, -0.15) is 0 Å². The molecule has 3 heteroatoms. The Hall–Kier alpha value is -1.07. The molecule has 0 aliphatic heterocycles. The van der Waals surface area contributed by atoms with Crippen LogP contribution in [0.1, 0.15) is 25.5 Å². The van der Waals surface area contributed by atoms with Crippen LogP contribution < -0.4 is 10.1 Å². The van der Waals surface area contributed by atoms with E-state index in [1.807, 2.05) is 30.3 Å². The average molecular weight is 367 g/mol. The zero-order valence-electron chi connectivity index (χ0n) is 11.2. The van der Waals surface area contributed by atoms with E-state index >= 15 is 0 Å². The molecule has 2 rings (SSSR count). The lowest BCUT2D eigenvalue weighted by atomic mass is 10.1. The van der Waals surface area contributed by atoms with Gasteiger partial charge in [-0.1, -0.05) is 25.1 Å². The Morgan fingerprint density at radius 3 is 2.47 bits per heavy atom. The zero-order chi connectivity index (χ0) is 13.7. The Morgan fingerprint density at radius 1 is 1.11 bits per heavy atom. The van der Waals surface area contributed by atoms with Crippen LogP contribution in [0.15, 0.2) is 48.5 Å². The van der Waals surface area contributed by atoms with E-state index in [0.717, 1.165) is 18.0 Å². The van der Waals surface area contributed by atoms with Gasteiger partial charge >= 0.3 is 0 Å². The molecular weight excluding hydrogens is 349 g/mol. The van der Waals surface area contributed by atoms with Crippen LogP contribution in [0.3, 0.4) is 0 Å². The molecule has 0 bridgehead atoms. The molecule has 0 saturated carbocycles. The zero-order valence-corrected chi connectivity index (χ0v) is 13.3. The minimum atomic E-state index is 0.372. The Balaban J connectivity index is 2.06. The molecule has 1 N–H and O–H groups in total. The summed E-state index contributed by atoms with van der Waals surface area (Å²) in [7, 11) is 0. The van der Waals surface area contributed by atoms with Crippen molar-refractivity contribution in [2.24, 2.45) is 0 Å². The van der Waals surface area contributed by atoms with E-state index in [-0.39, 0.29) is 0 Å². The molecule has 0 radical (unpaired) electrons. The molecular formula is C16H18INO. The second-order valence-electron chi connectivity index (χ2n) is 4.41. The van der Waals surface area contributed by atoms with Crippen molar-refractivity contribution in [1.82, 2.24) is 5.32 Å². The van der Waals surface area contributed by atoms with Gasteiger partial charge in [0, 0.05) is 9.61 Å². The first-order chi connectivity index (χ1) is 9.19. The summed E-state index contributed by atoms with van der Waals surface area (Å²) in [6.07, 6.45) is 0. The fourth-order valence-corrected chi connectivity index (χ4v) is 2.43. The number of benzene rings is 2. The molecule has 0 aliphatic rings. The number of rotatable bonds is 5. The molecule has 2 aromatic rings. The Labute approximate surface area is 128 Å². The van der Waals surface area contributed by atoms with Crippen molar-refractivity contribution >= 4 is 22.6 Å². The Morgan fingerprint density at radius 2 is 1.84 bits per heavy atom. The van der Waals surface area contributed by atoms with Gasteiger partial charge in [0.05, 0.1) is 0 Å². The van der Waals surface area contributed by atoms with Gasteiger partial charge in [-0.25, -0.2) is 0 Å². The predicted octanol–water partition coefficient (Wildman–Crippen LogP) is 4.75. The van der Waals surface area contributed by atoms with Crippen molar-refractivity contribution in [2.45, 2.75) is 19.9 Å². The first-order valence-corrected chi connectivity index (χ1v) is 7.53. The summed E-state index contributed by atoms with van der Waals surface area (Å²) in [4.78, 5) is 0. The van der Waals surface area contributed by atoms with Crippen LogP contribution in [0.25, 0.3) is 0 Å². The maximum Gasteiger partial charge on any atom is 0.128 e. The van der Waals surface area contributed by atoms with Crippen molar-refractivity contribution in [1.29, 1.82) is 0 Å². The van der Waals surface area contributed by atoms with E-state index in [2.05, 4.69) is 60.0 Å². The van der Waals surface area contributed by atoms with Gasteiger partial charge in [0.25, 0.3) is 0 Å². The number of hydrogen-bond donors (Lipinski definition) is 1. The lowest BCUT2D eigenvalue weighted by molar-refractivity contribution is 0.481. The van der Waals surface area contributed by atoms with Crippen molar-refractivity contribution in [2.75, 3.05) is 6.54 Å². The van der Waals surface area contributed by atoms with Crippen LogP contribution in [0.4, 0.5) is 0 Å². The quantitative estimate of drug-likeness (QED) is 0.770. The summed E-state index contributed by atoms with van der Waals surface area (Å²) in [5.41, 5.74) is 1.27. The van der Waals surface area contributed by atoms with Gasteiger partial charge in [-0.3, -0.25) is 0 Å². The van der Waals surface area contributed by atoms with E-state index in [0.29, 0.717) is 6.04 Å². The van der Waals surface area contributed by atoms with Crippen LogP contribution in [0.2, 0.25) is 0 Å².